The van der Waals surface area contributed by atoms with Crippen LogP contribution in [0.1, 0.15) is 30.5 Å². The SMILES string of the molecule is CCC(NCc1ccccc1)c1cccc(Cl)c1. The minimum atomic E-state index is 0.351. The molecule has 94 valence electrons. The van der Waals surface area contributed by atoms with Crippen molar-refractivity contribution in [1.29, 1.82) is 0 Å². The lowest BCUT2D eigenvalue weighted by atomic mass is 10.0. The molecule has 0 aliphatic rings. The second-order valence-corrected chi connectivity index (χ2v) is 4.82. The van der Waals surface area contributed by atoms with E-state index in [4.69, 9.17) is 11.6 Å². The molecule has 0 fully saturated rings. The number of hydrogen-bond donors (Lipinski definition) is 1. The number of nitrogens with one attached hydrogen (secondary N) is 1. The number of hydrogen-bond acceptors (Lipinski definition) is 1. The molecule has 0 saturated carbocycles. The van der Waals surface area contributed by atoms with Crippen molar-refractivity contribution in [3.63, 3.8) is 0 Å². The van der Waals surface area contributed by atoms with Crippen LogP contribution in [-0.4, -0.2) is 0 Å². The summed E-state index contributed by atoms with van der Waals surface area (Å²) < 4.78 is 0. The van der Waals surface area contributed by atoms with Crippen LogP contribution in [0.3, 0.4) is 0 Å². The van der Waals surface area contributed by atoms with E-state index >= 15 is 0 Å². The zero-order valence-electron chi connectivity index (χ0n) is 10.6. The molecule has 0 bridgehead atoms. The lowest BCUT2D eigenvalue weighted by molar-refractivity contribution is 0.519. The van der Waals surface area contributed by atoms with Crippen LogP contribution in [0.2, 0.25) is 5.02 Å². The van der Waals surface area contributed by atoms with Crippen LogP contribution in [0.15, 0.2) is 54.6 Å². The first-order chi connectivity index (χ1) is 8.79. The van der Waals surface area contributed by atoms with Crippen molar-refractivity contribution in [3.05, 3.63) is 70.7 Å². The molecule has 1 atom stereocenters. The van der Waals surface area contributed by atoms with E-state index in [1.807, 2.05) is 24.3 Å². The van der Waals surface area contributed by atoms with Crippen LogP contribution in [0.4, 0.5) is 0 Å². The lowest BCUT2D eigenvalue weighted by Gasteiger charge is -2.17. The quantitative estimate of drug-likeness (QED) is 0.829. The maximum Gasteiger partial charge on any atom is 0.0409 e. The van der Waals surface area contributed by atoms with Crippen LogP contribution in [0.5, 0.6) is 0 Å². The Morgan fingerprint density at radius 1 is 1.06 bits per heavy atom. The van der Waals surface area contributed by atoms with Gasteiger partial charge in [-0.1, -0.05) is 61.0 Å². The Labute approximate surface area is 114 Å². The molecule has 2 rings (SSSR count). The Hall–Kier alpha value is -1.31. The molecule has 2 aromatic carbocycles. The molecule has 2 aromatic rings. The molecule has 0 heterocycles. The summed E-state index contributed by atoms with van der Waals surface area (Å²) in [4.78, 5) is 0. The van der Waals surface area contributed by atoms with Gasteiger partial charge in [0.05, 0.1) is 0 Å². The highest BCUT2D eigenvalue weighted by Gasteiger charge is 2.08. The molecular formula is C16H18ClN. The molecule has 0 radical (unpaired) electrons. The number of rotatable bonds is 5. The molecule has 1 unspecified atom stereocenters. The molecule has 0 aliphatic heterocycles. The van der Waals surface area contributed by atoms with Crippen molar-refractivity contribution in [1.82, 2.24) is 5.32 Å². The van der Waals surface area contributed by atoms with Gasteiger partial charge in [0, 0.05) is 17.6 Å². The van der Waals surface area contributed by atoms with Gasteiger partial charge in [0.2, 0.25) is 0 Å². The van der Waals surface area contributed by atoms with Crippen LogP contribution in [-0.2, 0) is 6.54 Å². The summed E-state index contributed by atoms with van der Waals surface area (Å²) >= 11 is 6.04. The number of halogens is 1. The lowest BCUT2D eigenvalue weighted by Crippen LogP contribution is -2.20. The van der Waals surface area contributed by atoms with Crippen molar-refractivity contribution in [2.24, 2.45) is 0 Å². The zero-order chi connectivity index (χ0) is 12.8. The van der Waals surface area contributed by atoms with Crippen LogP contribution in [0.25, 0.3) is 0 Å². The molecule has 0 spiro atoms. The van der Waals surface area contributed by atoms with Gasteiger partial charge in [-0.25, -0.2) is 0 Å². The molecule has 0 saturated heterocycles. The van der Waals surface area contributed by atoms with E-state index in [2.05, 4.69) is 42.6 Å². The highest BCUT2D eigenvalue weighted by atomic mass is 35.5. The maximum atomic E-state index is 6.04. The molecule has 0 aliphatic carbocycles. The first-order valence-electron chi connectivity index (χ1n) is 6.32. The highest BCUT2D eigenvalue weighted by Crippen LogP contribution is 2.20. The van der Waals surface area contributed by atoms with E-state index in [1.165, 1.54) is 11.1 Å². The van der Waals surface area contributed by atoms with Crippen molar-refractivity contribution in [3.8, 4) is 0 Å². The normalized spacial score (nSPS) is 12.3. The molecule has 18 heavy (non-hydrogen) atoms. The Balaban J connectivity index is 2.02. The third-order valence-corrected chi connectivity index (χ3v) is 3.29. The van der Waals surface area contributed by atoms with Gasteiger partial charge < -0.3 is 5.32 Å². The Morgan fingerprint density at radius 2 is 1.83 bits per heavy atom. The third kappa shape index (κ3) is 3.59. The summed E-state index contributed by atoms with van der Waals surface area (Å²) in [5.41, 5.74) is 2.55. The summed E-state index contributed by atoms with van der Waals surface area (Å²) in [5, 5.41) is 4.37. The predicted octanol–water partition coefficient (Wildman–Crippen LogP) is 4.58. The summed E-state index contributed by atoms with van der Waals surface area (Å²) in [6.45, 7) is 3.06. The summed E-state index contributed by atoms with van der Waals surface area (Å²) in [7, 11) is 0. The van der Waals surface area contributed by atoms with Gasteiger partial charge in [0.1, 0.15) is 0 Å². The van der Waals surface area contributed by atoms with Gasteiger partial charge in [0.25, 0.3) is 0 Å². The van der Waals surface area contributed by atoms with Crippen molar-refractivity contribution >= 4 is 11.6 Å². The standard InChI is InChI=1S/C16H18ClN/c1-2-16(14-9-6-10-15(17)11-14)18-12-13-7-4-3-5-8-13/h3-11,16,18H,2,12H2,1H3. The fourth-order valence-electron chi connectivity index (χ4n) is 2.06. The molecule has 2 heteroatoms. The average Bonchev–Trinajstić information content (AvgIpc) is 2.41. The summed E-state index contributed by atoms with van der Waals surface area (Å²) in [6.07, 6.45) is 1.05. The molecule has 0 aromatic heterocycles. The van der Waals surface area contributed by atoms with Crippen molar-refractivity contribution < 1.29 is 0 Å². The first kappa shape index (κ1) is 13.1. The fourth-order valence-corrected chi connectivity index (χ4v) is 2.26. The van der Waals surface area contributed by atoms with Crippen LogP contribution in [0, 0.1) is 0 Å². The van der Waals surface area contributed by atoms with Crippen molar-refractivity contribution in [2.75, 3.05) is 0 Å². The Morgan fingerprint density at radius 3 is 2.50 bits per heavy atom. The van der Waals surface area contributed by atoms with E-state index in [0.717, 1.165) is 18.0 Å². The molecular weight excluding hydrogens is 242 g/mol. The van der Waals surface area contributed by atoms with Crippen molar-refractivity contribution in [2.45, 2.75) is 25.9 Å². The smallest absolute Gasteiger partial charge is 0.0409 e. The molecule has 1 nitrogen and oxygen atoms in total. The summed E-state index contributed by atoms with van der Waals surface area (Å²) in [6, 6.07) is 18.9. The first-order valence-corrected chi connectivity index (χ1v) is 6.70. The van der Waals surface area contributed by atoms with Gasteiger partial charge in [-0.15, -0.1) is 0 Å². The Kier molecular flexibility index (Phi) is 4.80. The topological polar surface area (TPSA) is 12.0 Å². The minimum Gasteiger partial charge on any atom is -0.306 e. The van der Waals surface area contributed by atoms with Gasteiger partial charge in [-0.05, 0) is 29.7 Å². The van der Waals surface area contributed by atoms with E-state index in [0.29, 0.717) is 6.04 Å². The van der Waals surface area contributed by atoms with Gasteiger partial charge in [0.15, 0.2) is 0 Å². The highest BCUT2D eigenvalue weighted by molar-refractivity contribution is 6.30. The van der Waals surface area contributed by atoms with Gasteiger partial charge in [-0.3, -0.25) is 0 Å². The van der Waals surface area contributed by atoms with Crippen LogP contribution >= 0.6 is 11.6 Å². The summed E-state index contributed by atoms with van der Waals surface area (Å²) in [5.74, 6) is 0. The molecule has 0 amide bonds. The second kappa shape index (κ2) is 6.58. The predicted molar refractivity (Wildman–Crippen MR) is 77.8 cm³/mol. The van der Waals surface area contributed by atoms with E-state index < -0.39 is 0 Å². The van der Waals surface area contributed by atoms with E-state index in [1.54, 1.807) is 0 Å². The fraction of sp³-hybridized carbons (Fsp3) is 0.250. The van der Waals surface area contributed by atoms with Gasteiger partial charge in [-0.2, -0.15) is 0 Å². The third-order valence-electron chi connectivity index (χ3n) is 3.05. The number of benzene rings is 2. The van der Waals surface area contributed by atoms with E-state index in [-0.39, 0.29) is 0 Å². The minimum absolute atomic E-state index is 0.351. The molecule has 1 N–H and O–H groups in total. The largest absolute Gasteiger partial charge is 0.306 e. The monoisotopic (exact) mass is 259 g/mol. The van der Waals surface area contributed by atoms with Crippen LogP contribution < -0.4 is 5.32 Å². The second-order valence-electron chi connectivity index (χ2n) is 4.38. The average molecular weight is 260 g/mol. The van der Waals surface area contributed by atoms with Gasteiger partial charge >= 0.3 is 0 Å². The Bertz CT molecular complexity index is 481. The maximum absolute atomic E-state index is 6.04. The van der Waals surface area contributed by atoms with E-state index in [9.17, 15) is 0 Å². The zero-order valence-corrected chi connectivity index (χ0v) is 11.3.